The highest BCUT2D eigenvalue weighted by Crippen LogP contribution is 2.33. The summed E-state index contributed by atoms with van der Waals surface area (Å²) in [4.78, 5) is 12.7. The number of aromatic amines is 1. The molecule has 1 fully saturated rings. The number of H-pyrrole nitrogens is 1. The fourth-order valence-corrected chi connectivity index (χ4v) is 3.28. The van der Waals surface area contributed by atoms with Gasteiger partial charge in [0.15, 0.2) is 5.65 Å². The normalized spacial score (nSPS) is 16.6. The van der Waals surface area contributed by atoms with Gasteiger partial charge in [-0.1, -0.05) is 19.3 Å². The van der Waals surface area contributed by atoms with Crippen molar-refractivity contribution in [1.82, 2.24) is 24.7 Å². The number of hydrogen-bond donors (Lipinski definition) is 1. The van der Waals surface area contributed by atoms with Crippen LogP contribution in [-0.2, 0) is 7.05 Å². The van der Waals surface area contributed by atoms with Crippen LogP contribution in [0.3, 0.4) is 0 Å². The molecular formula is C16H19N5. The molecule has 1 N–H and O–H groups in total. The van der Waals surface area contributed by atoms with Gasteiger partial charge in [0.25, 0.3) is 0 Å². The third kappa shape index (κ3) is 2.22. The molecule has 108 valence electrons. The van der Waals surface area contributed by atoms with Crippen LogP contribution in [0.4, 0.5) is 0 Å². The Labute approximate surface area is 123 Å². The summed E-state index contributed by atoms with van der Waals surface area (Å²) >= 11 is 0. The minimum atomic E-state index is 0.576. The number of aryl methyl sites for hydroxylation is 1. The summed E-state index contributed by atoms with van der Waals surface area (Å²) < 4.78 is 1.81. The lowest BCUT2D eigenvalue weighted by atomic mass is 9.87. The maximum atomic E-state index is 4.91. The van der Waals surface area contributed by atoms with Crippen LogP contribution in [0.1, 0.15) is 43.7 Å². The van der Waals surface area contributed by atoms with E-state index in [4.69, 9.17) is 4.98 Å². The molecule has 5 nitrogen and oxygen atoms in total. The van der Waals surface area contributed by atoms with E-state index in [0.717, 1.165) is 28.0 Å². The Morgan fingerprint density at radius 1 is 1.19 bits per heavy atom. The van der Waals surface area contributed by atoms with Gasteiger partial charge < -0.3 is 4.98 Å². The first-order valence-electron chi connectivity index (χ1n) is 7.64. The molecule has 5 heteroatoms. The average molecular weight is 281 g/mol. The molecule has 4 rings (SSSR count). The minimum Gasteiger partial charge on any atom is -0.344 e. The van der Waals surface area contributed by atoms with Crippen LogP contribution in [0.15, 0.2) is 24.8 Å². The van der Waals surface area contributed by atoms with Gasteiger partial charge in [-0.3, -0.25) is 4.68 Å². The van der Waals surface area contributed by atoms with Crippen molar-refractivity contribution in [2.45, 2.75) is 38.0 Å². The third-order valence-corrected chi connectivity index (χ3v) is 4.44. The molecule has 0 aliphatic heterocycles. The Hall–Kier alpha value is -2.17. The molecule has 1 saturated carbocycles. The molecule has 0 atom stereocenters. The predicted molar refractivity (Wildman–Crippen MR) is 81.9 cm³/mol. The second kappa shape index (κ2) is 4.98. The fourth-order valence-electron chi connectivity index (χ4n) is 3.28. The SMILES string of the molecule is Cn1cc(-c2c[nH]c3ncc(C4CCCCC4)nc23)cn1. The van der Waals surface area contributed by atoms with Crippen molar-refractivity contribution in [3.63, 3.8) is 0 Å². The first-order valence-corrected chi connectivity index (χ1v) is 7.64. The molecular weight excluding hydrogens is 262 g/mol. The molecule has 0 unspecified atom stereocenters. The molecule has 0 saturated heterocycles. The van der Waals surface area contributed by atoms with Gasteiger partial charge in [0, 0.05) is 36.5 Å². The summed E-state index contributed by atoms with van der Waals surface area (Å²) in [6.07, 6.45) is 14.3. The maximum Gasteiger partial charge on any atom is 0.156 e. The van der Waals surface area contributed by atoms with E-state index >= 15 is 0 Å². The zero-order chi connectivity index (χ0) is 14.2. The topological polar surface area (TPSA) is 59.4 Å². The molecule has 3 heterocycles. The van der Waals surface area contributed by atoms with Crippen molar-refractivity contribution in [2.24, 2.45) is 7.05 Å². The minimum absolute atomic E-state index is 0.576. The lowest BCUT2D eigenvalue weighted by molar-refractivity contribution is 0.436. The lowest BCUT2D eigenvalue weighted by Crippen LogP contribution is -2.07. The molecule has 21 heavy (non-hydrogen) atoms. The summed E-state index contributed by atoms with van der Waals surface area (Å²) in [5, 5.41) is 4.25. The molecule has 0 radical (unpaired) electrons. The predicted octanol–water partition coefficient (Wildman–Crippen LogP) is 3.41. The van der Waals surface area contributed by atoms with Crippen molar-refractivity contribution in [2.75, 3.05) is 0 Å². The second-order valence-corrected chi connectivity index (χ2v) is 5.93. The van der Waals surface area contributed by atoms with E-state index in [1.807, 2.05) is 36.5 Å². The summed E-state index contributed by atoms with van der Waals surface area (Å²) in [5.41, 5.74) is 5.13. The van der Waals surface area contributed by atoms with Crippen LogP contribution in [0.25, 0.3) is 22.3 Å². The van der Waals surface area contributed by atoms with Crippen LogP contribution >= 0.6 is 0 Å². The number of nitrogens with zero attached hydrogens (tertiary/aromatic N) is 4. The molecule has 0 aromatic carbocycles. The summed E-state index contributed by atoms with van der Waals surface area (Å²) in [7, 11) is 1.93. The van der Waals surface area contributed by atoms with Crippen molar-refractivity contribution < 1.29 is 0 Å². The zero-order valence-corrected chi connectivity index (χ0v) is 12.2. The van der Waals surface area contributed by atoms with Gasteiger partial charge >= 0.3 is 0 Å². The molecule has 3 aromatic rings. The number of aromatic nitrogens is 5. The van der Waals surface area contributed by atoms with Gasteiger partial charge in [0.05, 0.1) is 18.1 Å². The molecule has 1 aliphatic rings. The summed E-state index contributed by atoms with van der Waals surface area (Å²) in [5.74, 6) is 0.576. The van der Waals surface area contributed by atoms with Gasteiger partial charge in [-0.25, -0.2) is 9.97 Å². The summed E-state index contributed by atoms with van der Waals surface area (Å²) in [6, 6.07) is 0. The van der Waals surface area contributed by atoms with Crippen LogP contribution in [-0.4, -0.2) is 24.7 Å². The Kier molecular flexibility index (Phi) is 2.98. The van der Waals surface area contributed by atoms with Crippen molar-refractivity contribution in [3.05, 3.63) is 30.5 Å². The van der Waals surface area contributed by atoms with Gasteiger partial charge in [-0.15, -0.1) is 0 Å². The monoisotopic (exact) mass is 281 g/mol. The second-order valence-electron chi connectivity index (χ2n) is 5.93. The number of rotatable bonds is 2. The highest BCUT2D eigenvalue weighted by Gasteiger charge is 2.19. The van der Waals surface area contributed by atoms with Gasteiger partial charge in [-0.05, 0) is 12.8 Å². The molecule has 0 bridgehead atoms. The van der Waals surface area contributed by atoms with E-state index in [2.05, 4.69) is 15.1 Å². The molecule has 0 amide bonds. The largest absolute Gasteiger partial charge is 0.344 e. The Balaban J connectivity index is 1.78. The van der Waals surface area contributed by atoms with Crippen molar-refractivity contribution in [3.8, 4) is 11.1 Å². The Morgan fingerprint density at radius 3 is 2.81 bits per heavy atom. The van der Waals surface area contributed by atoms with Crippen LogP contribution in [0.2, 0.25) is 0 Å². The van der Waals surface area contributed by atoms with Crippen molar-refractivity contribution in [1.29, 1.82) is 0 Å². The van der Waals surface area contributed by atoms with Gasteiger partial charge in [-0.2, -0.15) is 5.10 Å². The van der Waals surface area contributed by atoms with Crippen molar-refractivity contribution >= 4 is 11.2 Å². The van der Waals surface area contributed by atoms with Gasteiger partial charge in [0.1, 0.15) is 5.52 Å². The van der Waals surface area contributed by atoms with E-state index in [1.54, 1.807) is 0 Å². The summed E-state index contributed by atoms with van der Waals surface area (Å²) in [6.45, 7) is 0. The average Bonchev–Trinajstić information content (AvgIpc) is 3.13. The quantitative estimate of drug-likeness (QED) is 0.783. The first-order chi connectivity index (χ1) is 10.3. The first kappa shape index (κ1) is 12.6. The van der Waals surface area contributed by atoms with E-state index in [9.17, 15) is 0 Å². The smallest absolute Gasteiger partial charge is 0.156 e. The van der Waals surface area contributed by atoms with Crippen LogP contribution in [0, 0.1) is 0 Å². The van der Waals surface area contributed by atoms with E-state index in [1.165, 1.54) is 32.1 Å². The zero-order valence-electron chi connectivity index (χ0n) is 12.2. The standard InChI is InChI=1S/C16H19N5/c1-21-10-12(7-19-21)13-8-17-16-15(13)20-14(9-18-16)11-5-3-2-4-6-11/h7-11H,2-6H2,1H3,(H,17,18). The fraction of sp³-hybridized carbons (Fsp3) is 0.438. The van der Waals surface area contributed by atoms with E-state index in [0.29, 0.717) is 5.92 Å². The Morgan fingerprint density at radius 2 is 2.05 bits per heavy atom. The maximum absolute atomic E-state index is 4.91. The number of fused-ring (bicyclic) bond motifs is 1. The van der Waals surface area contributed by atoms with Crippen LogP contribution in [0.5, 0.6) is 0 Å². The molecule has 0 spiro atoms. The number of nitrogens with one attached hydrogen (secondary N) is 1. The van der Waals surface area contributed by atoms with Crippen LogP contribution < -0.4 is 0 Å². The highest BCUT2D eigenvalue weighted by molar-refractivity contribution is 5.89. The lowest BCUT2D eigenvalue weighted by Gasteiger charge is -2.20. The molecule has 1 aliphatic carbocycles. The van der Waals surface area contributed by atoms with E-state index < -0.39 is 0 Å². The highest BCUT2D eigenvalue weighted by atomic mass is 15.2. The molecule has 3 aromatic heterocycles. The van der Waals surface area contributed by atoms with E-state index in [-0.39, 0.29) is 0 Å². The number of hydrogen-bond acceptors (Lipinski definition) is 3. The Bertz CT molecular complexity index is 764. The van der Waals surface area contributed by atoms with Gasteiger partial charge in [0.2, 0.25) is 0 Å². The third-order valence-electron chi connectivity index (χ3n) is 4.44.